The molecular weight excluding hydrogens is 325 g/mol. The first-order chi connectivity index (χ1) is 9.81. The van der Waals surface area contributed by atoms with Crippen molar-refractivity contribution in [3.63, 3.8) is 0 Å². The number of aromatic nitrogens is 2. The first-order valence-corrected chi connectivity index (χ1v) is 7.36. The predicted molar refractivity (Wildman–Crippen MR) is 71.0 cm³/mol. The van der Waals surface area contributed by atoms with Crippen LogP contribution in [0, 0.1) is 5.82 Å². The van der Waals surface area contributed by atoms with E-state index in [0.29, 0.717) is 11.8 Å². The zero-order chi connectivity index (χ0) is 15.6. The van der Waals surface area contributed by atoms with E-state index in [1.54, 1.807) is 0 Å². The molecule has 0 atom stereocenters. The number of imidazole rings is 1. The highest BCUT2D eigenvalue weighted by Gasteiger charge is 2.21. The Bertz CT molecular complexity index is 777. The Hall–Kier alpha value is -1.97. The number of carboxylic acids is 1. The summed E-state index contributed by atoms with van der Waals surface area (Å²) in [6.07, 6.45) is 2.78. The van der Waals surface area contributed by atoms with Crippen LogP contribution in [0.2, 0.25) is 5.02 Å². The van der Waals surface area contributed by atoms with Crippen LogP contribution in [0.5, 0.6) is 0 Å². The fourth-order valence-electron chi connectivity index (χ4n) is 1.51. The van der Waals surface area contributed by atoms with Crippen LogP contribution in [-0.4, -0.2) is 29.5 Å². The number of benzene rings is 1. The number of sulfonamides is 1. The van der Waals surface area contributed by atoms with Gasteiger partial charge in [-0.3, -0.25) is 0 Å². The molecule has 0 aliphatic rings. The summed E-state index contributed by atoms with van der Waals surface area (Å²) in [6.45, 7) is -0.102. The van der Waals surface area contributed by atoms with Gasteiger partial charge in [-0.25, -0.2) is 27.3 Å². The third-order valence-corrected chi connectivity index (χ3v) is 4.31. The zero-order valence-electron chi connectivity index (χ0n) is 10.3. The minimum Gasteiger partial charge on any atom is -0.478 e. The van der Waals surface area contributed by atoms with Crippen molar-refractivity contribution in [3.8, 4) is 0 Å². The number of carboxylic acid groups (broad SMARTS) is 1. The van der Waals surface area contributed by atoms with Gasteiger partial charge in [-0.15, -0.1) is 0 Å². The van der Waals surface area contributed by atoms with Gasteiger partial charge < -0.3 is 10.1 Å². The Morgan fingerprint density at radius 1 is 1.48 bits per heavy atom. The Balaban J connectivity index is 2.33. The molecule has 0 spiro atoms. The molecule has 1 aromatic heterocycles. The largest absolute Gasteiger partial charge is 0.478 e. The van der Waals surface area contributed by atoms with E-state index >= 15 is 0 Å². The van der Waals surface area contributed by atoms with Crippen molar-refractivity contribution in [3.05, 3.63) is 46.8 Å². The van der Waals surface area contributed by atoms with E-state index in [1.165, 1.54) is 12.5 Å². The van der Waals surface area contributed by atoms with Gasteiger partial charge >= 0.3 is 5.97 Å². The van der Waals surface area contributed by atoms with Crippen LogP contribution < -0.4 is 4.72 Å². The van der Waals surface area contributed by atoms with Crippen LogP contribution in [0.15, 0.2) is 29.6 Å². The van der Waals surface area contributed by atoms with Gasteiger partial charge in [0, 0.05) is 11.9 Å². The van der Waals surface area contributed by atoms with Crippen molar-refractivity contribution in [2.75, 3.05) is 0 Å². The van der Waals surface area contributed by atoms with Gasteiger partial charge in [0.25, 0.3) is 0 Å². The average molecular weight is 334 g/mol. The molecule has 0 bridgehead atoms. The highest BCUT2D eigenvalue weighted by Crippen LogP contribution is 2.24. The number of rotatable bonds is 5. The number of halogens is 2. The van der Waals surface area contributed by atoms with Crippen LogP contribution in [-0.2, 0) is 16.6 Å². The van der Waals surface area contributed by atoms with Crippen molar-refractivity contribution < 1.29 is 22.7 Å². The molecule has 0 saturated carbocycles. The lowest BCUT2D eigenvalue weighted by Crippen LogP contribution is -2.24. The number of nitrogens with one attached hydrogen (secondary N) is 2. The molecule has 21 heavy (non-hydrogen) atoms. The second-order valence-corrected chi connectivity index (χ2v) is 6.12. The molecule has 1 heterocycles. The molecule has 0 radical (unpaired) electrons. The molecule has 2 aromatic rings. The summed E-state index contributed by atoms with van der Waals surface area (Å²) in [7, 11) is -4.09. The summed E-state index contributed by atoms with van der Waals surface area (Å²) in [5, 5.41) is 8.24. The SMILES string of the molecule is O=C(O)c1cc(S(=O)(=O)NCc2cnc[nH]2)cc(F)c1Cl. The fraction of sp³-hybridized carbons (Fsp3) is 0.0909. The zero-order valence-corrected chi connectivity index (χ0v) is 11.9. The summed E-state index contributed by atoms with van der Waals surface area (Å²) in [4.78, 5) is 16.8. The molecule has 0 aliphatic carbocycles. The number of aromatic carboxylic acids is 1. The summed E-state index contributed by atoms with van der Waals surface area (Å²) >= 11 is 5.48. The maximum atomic E-state index is 13.5. The number of H-pyrrole nitrogens is 1. The van der Waals surface area contributed by atoms with Crippen molar-refractivity contribution >= 4 is 27.6 Å². The topological polar surface area (TPSA) is 112 Å². The molecular formula is C11H9ClFN3O4S. The summed E-state index contributed by atoms with van der Waals surface area (Å²) in [6, 6.07) is 1.45. The van der Waals surface area contributed by atoms with E-state index in [2.05, 4.69) is 14.7 Å². The van der Waals surface area contributed by atoms with E-state index < -0.39 is 37.3 Å². The first-order valence-electron chi connectivity index (χ1n) is 5.50. The maximum absolute atomic E-state index is 13.5. The molecule has 0 saturated heterocycles. The average Bonchev–Trinajstić information content (AvgIpc) is 2.92. The molecule has 0 aliphatic heterocycles. The smallest absolute Gasteiger partial charge is 0.337 e. The van der Waals surface area contributed by atoms with E-state index in [-0.39, 0.29) is 6.54 Å². The van der Waals surface area contributed by atoms with Crippen LogP contribution in [0.4, 0.5) is 4.39 Å². The van der Waals surface area contributed by atoms with E-state index in [9.17, 15) is 17.6 Å². The van der Waals surface area contributed by atoms with Crippen molar-refractivity contribution in [1.82, 2.24) is 14.7 Å². The molecule has 112 valence electrons. The van der Waals surface area contributed by atoms with Crippen molar-refractivity contribution in [1.29, 1.82) is 0 Å². The standard InChI is InChI=1S/C11H9ClFN3O4S/c12-10-8(11(17)18)1-7(2-9(10)13)21(19,20)16-4-6-3-14-5-15-6/h1-3,5,16H,4H2,(H,14,15)(H,17,18). The van der Waals surface area contributed by atoms with Gasteiger partial charge in [0.2, 0.25) is 10.0 Å². The third kappa shape index (κ3) is 3.38. The van der Waals surface area contributed by atoms with E-state index in [4.69, 9.17) is 16.7 Å². The van der Waals surface area contributed by atoms with Gasteiger partial charge in [-0.1, -0.05) is 11.6 Å². The Morgan fingerprint density at radius 2 is 2.19 bits per heavy atom. The van der Waals surface area contributed by atoms with Crippen molar-refractivity contribution in [2.45, 2.75) is 11.4 Å². The second-order valence-electron chi connectivity index (χ2n) is 3.97. The first kappa shape index (κ1) is 15.4. The monoisotopic (exact) mass is 333 g/mol. The molecule has 0 unspecified atom stereocenters. The maximum Gasteiger partial charge on any atom is 0.337 e. The Labute approximate surface area is 123 Å². The number of aromatic amines is 1. The van der Waals surface area contributed by atoms with Crippen LogP contribution in [0.1, 0.15) is 16.1 Å². The molecule has 0 amide bonds. The summed E-state index contributed by atoms with van der Waals surface area (Å²) in [5.41, 5.74) is -0.134. The third-order valence-electron chi connectivity index (χ3n) is 2.55. The quantitative estimate of drug-likeness (QED) is 0.765. The van der Waals surface area contributed by atoms with Crippen LogP contribution >= 0.6 is 11.6 Å². The second kappa shape index (κ2) is 5.80. The van der Waals surface area contributed by atoms with E-state index in [0.717, 1.165) is 6.07 Å². The molecule has 1 aromatic carbocycles. The lowest BCUT2D eigenvalue weighted by Gasteiger charge is -2.08. The fourth-order valence-corrected chi connectivity index (χ4v) is 2.75. The minimum atomic E-state index is -4.09. The van der Waals surface area contributed by atoms with Gasteiger partial charge in [0.05, 0.1) is 28.4 Å². The van der Waals surface area contributed by atoms with Crippen molar-refractivity contribution in [2.24, 2.45) is 0 Å². The van der Waals surface area contributed by atoms with Gasteiger partial charge in [-0.2, -0.15) is 0 Å². The Kier molecular flexibility index (Phi) is 4.26. The minimum absolute atomic E-state index is 0.102. The molecule has 10 heteroatoms. The predicted octanol–water partition coefficient (Wildman–Crippen LogP) is 1.38. The molecule has 3 N–H and O–H groups in total. The number of nitrogens with zero attached hydrogens (tertiary/aromatic N) is 1. The van der Waals surface area contributed by atoms with Gasteiger partial charge in [-0.05, 0) is 12.1 Å². The normalized spacial score (nSPS) is 11.5. The lowest BCUT2D eigenvalue weighted by molar-refractivity contribution is 0.0696. The number of hydrogen-bond donors (Lipinski definition) is 3. The molecule has 7 nitrogen and oxygen atoms in total. The number of carbonyl (C=O) groups is 1. The lowest BCUT2D eigenvalue weighted by atomic mass is 10.2. The molecule has 2 rings (SSSR count). The van der Waals surface area contributed by atoms with E-state index in [1.807, 2.05) is 0 Å². The number of hydrogen-bond acceptors (Lipinski definition) is 4. The highest BCUT2D eigenvalue weighted by atomic mass is 35.5. The van der Waals surface area contributed by atoms with Crippen LogP contribution in [0.25, 0.3) is 0 Å². The van der Waals surface area contributed by atoms with Gasteiger partial charge in [0.15, 0.2) is 0 Å². The Morgan fingerprint density at radius 3 is 2.76 bits per heavy atom. The van der Waals surface area contributed by atoms with Crippen LogP contribution in [0.3, 0.4) is 0 Å². The highest BCUT2D eigenvalue weighted by molar-refractivity contribution is 7.89. The summed E-state index contributed by atoms with van der Waals surface area (Å²) < 4.78 is 39.8. The van der Waals surface area contributed by atoms with Gasteiger partial charge in [0.1, 0.15) is 5.82 Å². The summed E-state index contributed by atoms with van der Waals surface area (Å²) in [5.74, 6) is -2.65. The molecule has 0 fully saturated rings.